The summed E-state index contributed by atoms with van der Waals surface area (Å²) in [7, 11) is 3.43. The van der Waals surface area contributed by atoms with Gasteiger partial charge in [0, 0.05) is 13.1 Å². The van der Waals surface area contributed by atoms with Gasteiger partial charge in [-0.05, 0) is 12.1 Å². The highest BCUT2D eigenvalue weighted by Crippen LogP contribution is 2.19. The molecule has 1 heterocycles. The highest BCUT2D eigenvalue weighted by Gasteiger charge is 2.00. The molecule has 1 N–H and O–H groups in total. The maximum atomic E-state index is 5.61. The molecule has 0 atom stereocenters. The summed E-state index contributed by atoms with van der Waals surface area (Å²) < 4.78 is 10.7. The van der Waals surface area contributed by atoms with Crippen LogP contribution in [0, 0.1) is 0 Å². The number of rotatable bonds is 5. The van der Waals surface area contributed by atoms with Gasteiger partial charge in [-0.3, -0.25) is 4.98 Å². The predicted octanol–water partition coefficient (Wildman–Crippen LogP) is 2.11. The standard InChI is InChI=1S/C13H15N3O2/c1-14-13-8-15-10(7-16-13)9-18-12-5-3-4-11(6-12)17-2/h3-8H,9H2,1-2H3,(H,14,16). The lowest BCUT2D eigenvalue weighted by molar-refractivity contribution is 0.298. The maximum Gasteiger partial charge on any atom is 0.144 e. The Bertz CT molecular complexity index is 500. The molecule has 0 bridgehead atoms. The molecule has 94 valence electrons. The highest BCUT2D eigenvalue weighted by atomic mass is 16.5. The van der Waals surface area contributed by atoms with Crippen LogP contribution in [0.2, 0.25) is 0 Å². The second-order valence-electron chi connectivity index (χ2n) is 3.61. The summed E-state index contributed by atoms with van der Waals surface area (Å²) in [6.45, 7) is 0.379. The van der Waals surface area contributed by atoms with Gasteiger partial charge in [0.2, 0.25) is 0 Å². The van der Waals surface area contributed by atoms with Crippen molar-refractivity contribution in [1.82, 2.24) is 9.97 Å². The maximum absolute atomic E-state index is 5.61. The van der Waals surface area contributed by atoms with Crippen molar-refractivity contribution in [2.45, 2.75) is 6.61 Å². The van der Waals surface area contributed by atoms with Crippen molar-refractivity contribution < 1.29 is 9.47 Å². The van der Waals surface area contributed by atoms with E-state index in [2.05, 4.69) is 15.3 Å². The molecule has 1 aromatic heterocycles. The largest absolute Gasteiger partial charge is 0.497 e. The van der Waals surface area contributed by atoms with E-state index < -0.39 is 0 Å². The van der Waals surface area contributed by atoms with Crippen molar-refractivity contribution in [3.05, 3.63) is 42.4 Å². The normalized spacial score (nSPS) is 9.89. The van der Waals surface area contributed by atoms with Gasteiger partial charge in [-0.2, -0.15) is 0 Å². The van der Waals surface area contributed by atoms with E-state index in [1.165, 1.54) is 0 Å². The van der Waals surface area contributed by atoms with Crippen LogP contribution in [0.4, 0.5) is 5.82 Å². The minimum Gasteiger partial charge on any atom is -0.497 e. The zero-order chi connectivity index (χ0) is 12.8. The van der Waals surface area contributed by atoms with Crippen LogP contribution in [-0.4, -0.2) is 24.1 Å². The average Bonchev–Trinajstić information content (AvgIpc) is 2.46. The molecule has 2 rings (SSSR count). The van der Waals surface area contributed by atoms with E-state index in [4.69, 9.17) is 9.47 Å². The fraction of sp³-hybridized carbons (Fsp3) is 0.231. The number of nitrogens with zero attached hydrogens (tertiary/aromatic N) is 2. The van der Waals surface area contributed by atoms with Crippen LogP contribution in [0.15, 0.2) is 36.7 Å². The summed E-state index contributed by atoms with van der Waals surface area (Å²) in [5.41, 5.74) is 0.775. The highest BCUT2D eigenvalue weighted by molar-refractivity contribution is 5.33. The molecule has 2 aromatic rings. The summed E-state index contributed by atoms with van der Waals surface area (Å²) in [6, 6.07) is 7.45. The van der Waals surface area contributed by atoms with Gasteiger partial charge in [0.1, 0.15) is 23.9 Å². The summed E-state index contributed by atoms with van der Waals surface area (Å²) >= 11 is 0. The molecule has 5 heteroatoms. The van der Waals surface area contributed by atoms with Gasteiger partial charge in [-0.15, -0.1) is 0 Å². The lowest BCUT2D eigenvalue weighted by atomic mass is 10.3. The van der Waals surface area contributed by atoms with Crippen LogP contribution < -0.4 is 14.8 Å². The van der Waals surface area contributed by atoms with Crippen LogP contribution in [0.1, 0.15) is 5.69 Å². The van der Waals surface area contributed by atoms with E-state index in [-0.39, 0.29) is 0 Å². The summed E-state index contributed by atoms with van der Waals surface area (Å²) in [5, 5.41) is 2.91. The second kappa shape index (κ2) is 5.86. The second-order valence-corrected chi connectivity index (χ2v) is 3.61. The van der Waals surface area contributed by atoms with E-state index in [0.717, 1.165) is 23.0 Å². The van der Waals surface area contributed by atoms with Gasteiger partial charge in [-0.1, -0.05) is 6.07 Å². The molecule has 0 saturated heterocycles. The number of hydrogen-bond donors (Lipinski definition) is 1. The first-order chi connectivity index (χ1) is 8.81. The van der Waals surface area contributed by atoms with E-state index >= 15 is 0 Å². The first-order valence-corrected chi connectivity index (χ1v) is 5.57. The zero-order valence-corrected chi connectivity index (χ0v) is 10.4. The Kier molecular flexibility index (Phi) is 3.96. The third-order valence-corrected chi connectivity index (χ3v) is 2.39. The van der Waals surface area contributed by atoms with Crippen molar-refractivity contribution in [3.63, 3.8) is 0 Å². The molecule has 0 spiro atoms. The Morgan fingerprint density at radius 2 is 2.00 bits per heavy atom. The molecule has 0 aliphatic rings. The van der Waals surface area contributed by atoms with Crippen molar-refractivity contribution in [1.29, 1.82) is 0 Å². The lowest BCUT2D eigenvalue weighted by Gasteiger charge is -2.07. The molecule has 5 nitrogen and oxygen atoms in total. The zero-order valence-electron chi connectivity index (χ0n) is 10.4. The van der Waals surface area contributed by atoms with Crippen LogP contribution >= 0.6 is 0 Å². The molecule has 18 heavy (non-hydrogen) atoms. The van der Waals surface area contributed by atoms with Crippen LogP contribution in [0.3, 0.4) is 0 Å². The van der Waals surface area contributed by atoms with E-state index in [1.54, 1.807) is 26.6 Å². The number of methoxy groups -OCH3 is 1. The Morgan fingerprint density at radius 3 is 2.67 bits per heavy atom. The van der Waals surface area contributed by atoms with Gasteiger partial charge in [0.15, 0.2) is 0 Å². The van der Waals surface area contributed by atoms with Gasteiger partial charge in [0.25, 0.3) is 0 Å². The smallest absolute Gasteiger partial charge is 0.144 e. The van der Waals surface area contributed by atoms with Crippen molar-refractivity contribution in [3.8, 4) is 11.5 Å². The molecular formula is C13H15N3O2. The Hall–Kier alpha value is -2.30. The molecule has 0 saturated carbocycles. The van der Waals surface area contributed by atoms with Crippen LogP contribution in [-0.2, 0) is 6.61 Å². The summed E-state index contributed by atoms with van der Waals surface area (Å²) in [6.07, 6.45) is 3.36. The van der Waals surface area contributed by atoms with Gasteiger partial charge in [-0.25, -0.2) is 4.98 Å². The molecule has 0 aliphatic heterocycles. The minimum absolute atomic E-state index is 0.379. The number of nitrogens with one attached hydrogen (secondary N) is 1. The SMILES string of the molecule is CNc1cnc(COc2cccc(OC)c2)cn1. The fourth-order valence-corrected chi connectivity index (χ4v) is 1.41. The van der Waals surface area contributed by atoms with Gasteiger partial charge in [0.05, 0.1) is 25.2 Å². The van der Waals surface area contributed by atoms with Crippen LogP contribution in [0.5, 0.6) is 11.5 Å². The number of hydrogen-bond acceptors (Lipinski definition) is 5. The summed E-state index contributed by atoms with van der Waals surface area (Å²) in [5.74, 6) is 2.25. The Labute approximate surface area is 106 Å². The molecule has 0 radical (unpaired) electrons. The topological polar surface area (TPSA) is 56.3 Å². The molecule has 0 fully saturated rings. The number of ether oxygens (including phenoxy) is 2. The predicted molar refractivity (Wildman–Crippen MR) is 68.9 cm³/mol. The third-order valence-electron chi connectivity index (χ3n) is 2.39. The van der Waals surface area contributed by atoms with Gasteiger partial charge >= 0.3 is 0 Å². The van der Waals surface area contributed by atoms with E-state index in [0.29, 0.717) is 6.61 Å². The Balaban J connectivity index is 1.97. The first-order valence-electron chi connectivity index (χ1n) is 5.57. The van der Waals surface area contributed by atoms with Crippen LogP contribution in [0.25, 0.3) is 0 Å². The molecule has 0 aliphatic carbocycles. The van der Waals surface area contributed by atoms with E-state index in [9.17, 15) is 0 Å². The monoisotopic (exact) mass is 245 g/mol. The number of anilines is 1. The number of aromatic nitrogens is 2. The Morgan fingerprint density at radius 1 is 1.17 bits per heavy atom. The van der Waals surface area contributed by atoms with Crippen molar-refractivity contribution in [2.75, 3.05) is 19.5 Å². The van der Waals surface area contributed by atoms with Crippen molar-refractivity contribution >= 4 is 5.82 Å². The first kappa shape index (κ1) is 12.2. The fourth-order valence-electron chi connectivity index (χ4n) is 1.41. The lowest BCUT2D eigenvalue weighted by Crippen LogP contribution is -2.01. The average molecular weight is 245 g/mol. The minimum atomic E-state index is 0.379. The van der Waals surface area contributed by atoms with E-state index in [1.807, 2.05) is 24.3 Å². The van der Waals surface area contributed by atoms with Gasteiger partial charge < -0.3 is 14.8 Å². The number of benzene rings is 1. The molecular weight excluding hydrogens is 230 g/mol. The molecule has 0 unspecified atom stereocenters. The van der Waals surface area contributed by atoms with Crippen molar-refractivity contribution in [2.24, 2.45) is 0 Å². The third kappa shape index (κ3) is 3.10. The quantitative estimate of drug-likeness (QED) is 0.874. The molecule has 1 aromatic carbocycles. The molecule has 0 amide bonds. The summed E-state index contributed by atoms with van der Waals surface area (Å²) in [4.78, 5) is 8.39.